The maximum atomic E-state index is 12.0. The molecule has 1 aromatic rings. The normalized spacial score (nSPS) is 26.8. The molecule has 0 bridgehead atoms. The number of benzene rings is 1. The second kappa shape index (κ2) is 3.26. The molecule has 0 saturated carbocycles. The first-order valence-corrected chi connectivity index (χ1v) is 5.69. The van der Waals surface area contributed by atoms with Crippen molar-refractivity contribution in [2.24, 2.45) is 0 Å². The van der Waals surface area contributed by atoms with Gasteiger partial charge >= 0.3 is 7.60 Å². The summed E-state index contributed by atoms with van der Waals surface area (Å²) in [4.78, 5) is 0. The van der Waals surface area contributed by atoms with Crippen LogP contribution >= 0.6 is 7.60 Å². The molecule has 2 rings (SSSR count). The second-order valence-corrected chi connectivity index (χ2v) is 4.99. The van der Waals surface area contributed by atoms with Crippen molar-refractivity contribution in [2.75, 3.05) is 13.7 Å². The summed E-state index contributed by atoms with van der Waals surface area (Å²) in [6, 6.07) is 7.55. The highest BCUT2D eigenvalue weighted by Gasteiger charge is 2.31. The molecule has 0 aliphatic carbocycles. The molecule has 0 amide bonds. The number of rotatable bonds is 1. The molecule has 0 radical (unpaired) electrons. The first-order chi connectivity index (χ1) is 6.26. The van der Waals surface area contributed by atoms with Crippen molar-refractivity contribution in [3.8, 4) is 0 Å². The van der Waals surface area contributed by atoms with E-state index in [1.807, 2.05) is 18.2 Å². The lowest BCUT2D eigenvalue weighted by Crippen LogP contribution is -2.21. The summed E-state index contributed by atoms with van der Waals surface area (Å²) in [5.41, 5.74) is 1.07. The van der Waals surface area contributed by atoms with Gasteiger partial charge in [0.05, 0.1) is 11.9 Å². The van der Waals surface area contributed by atoms with Crippen LogP contribution in [0.25, 0.3) is 0 Å². The molecule has 13 heavy (non-hydrogen) atoms. The van der Waals surface area contributed by atoms with E-state index in [1.54, 1.807) is 6.07 Å². The maximum absolute atomic E-state index is 12.0. The van der Waals surface area contributed by atoms with Gasteiger partial charge in [0.1, 0.15) is 0 Å². The van der Waals surface area contributed by atoms with Crippen molar-refractivity contribution < 1.29 is 13.6 Å². The molecule has 1 aliphatic heterocycles. The summed E-state index contributed by atoms with van der Waals surface area (Å²) in [5, 5.41) is 0.712. The van der Waals surface area contributed by atoms with Crippen LogP contribution < -0.4 is 5.30 Å². The average molecular weight is 198 g/mol. The molecule has 0 spiro atoms. The highest BCUT2D eigenvalue weighted by molar-refractivity contribution is 7.62. The first-order valence-electron chi connectivity index (χ1n) is 4.15. The Balaban J connectivity index is 2.55. The Hall–Kier alpha value is -0.630. The zero-order valence-corrected chi connectivity index (χ0v) is 8.29. The number of fused-ring (bicyclic) bond motifs is 1. The second-order valence-electron chi connectivity index (χ2n) is 2.89. The van der Waals surface area contributed by atoms with Crippen molar-refractivity contribution in [1.29, 1.82) is 0 Å². The van der Waals surface area contributed by atoms with Gasteiger partial charge in [-0.3, -0.25) is 4.57 Å². The number of hydrogen-bond acceptors (Lipinski definition) is 3. The van der Waals surface area contributed by atoms with Crippen LogP contribution in [-0.2, 0) is 20.0 Å². The smallest absolute Gasteiger partial charge is 0.309 e. The third kappa shape index (κ3) is 1.44. The van der Waals surface area contributed by atoms with Crippen LogP contribution in [-0.4, -0.2) is 13.7 Å². The molecule has 0 fully saturated rings. The van der Waals surface area contributed by atoms with Crippen LogP contribution in [0.4, 0.5) is 0 Å². The van der Waals surface area contributed by atoms with E-state index < -0.39 is 7.60 Å². The largest absolute Gasteiger partial charge is 0.361 e. The van der Waals surface area contributed by atoms with Crippen molar-refractivity contribution in [3.63, 3.8) is 0 Å². The van der Waals surface area contributed by atoms with E-state index in [-0.39, 0.29) is 0 Å². The maximum Gasteiger partial charge on any atom is 0.361 e. The van der Waals surface area contributed by atoms with Gasteiger partial charge in [-0.1, -0.05) is 18.2 Å². The van der Waals surface area contributed by atoms with Gasteiger partial charge in [0.15, 0.2) is 0 Å². The Morgan fingerprint density at radius 2 is 2.23 bits per heavy atom. The molecule has 0 aromatic heterocycles. The molecule has 1 aliphatic rings. The predicted octanol–water partition coefficient (Wildman–Crippen LogP) is 1.72. The highest BCUT2D eigenvalue weighted by Crippen LogP contribution is 2.49. The predicted molar refractivity (Wildman–Crippen MR) is 50.3 cm³/mol. The lowest BCUT2D eigenvalue weighted by atomic mass is 10.2. The van der Waals surface area contributed by atoms with E-state index in [9.17, 15) is 4.57 Å². The monoisotopic (exact) mass is 198 g/mol. The summed E-state index contributed by atoms with van der Waals surface area (Å²) in [7, 11) is -1.56. The fourth-order valence-corrected chi connectivity index (χ4v) is 3.07. The van der Waals surface area contributed by atoms with Crippen molar-refractivity contribution in [3.05, 3.63) is 29.8 Å². The van der Waals surface area contributed by atoms with E-state index >= 15 is 0 Å². The molecule has 3 nitrogen and oxygen atoms in total. The van der Waals surface area contributed by atoms with E-state index in [0.717, 1.165) is 12.0 Å². The minimum atomic E-state index is -2.98. The van der Waals surface area contributed by atoms with Crippen LogP contribution in [0.2, 0.25) is 0 Å². The molecule has 70 valence electrons. The van der Waals surface area contributed by atoms with E-state index in [2.05, 4.69) is 0 Å². The lowest BCUT2D eigenvalue weighted by molar-refractivity contribution is 0.240. The van der Waals surface area contributed by atoms with Crippen LogP contribution in [0.3, 0.4) is 0 Å². The summed E-state index contributed by atoms with van der Waals surface area (Å²) < 4.78 is 22.1. The summed E-state index contributed by atoms with van der Waals surface area (Å²) >= 11 is 0. The Labute approximate surface area is 77.2 Å². The first kappa shape index (κ1) is 8.95. The van der Waals surface area contributed by atoms with Crippen LogP contribution in [0.15, 0.2) is 24.3 Å². The van der Waals surface area contributed by atoms with Gasteiger partial charge in [0.2, 0.25) is 0 Å². The Kier molecular flexibility index (Phi) is 2.24. The zero-order chi connectivity index (χ0) is 9.31. The molecular weight excluding hydrogens is 187 g/mol. The molecule has 0 saturated heterocycles. The van der Waals surface area contributed by atoms with E-state index in [1.165, 1.54) is 7.11 Å². The molecular formula is C9H11O3P. The Morgan fingerprint density at radius 1 is 1.46 bits per heavy atom. The molecule has 1 atom stereocenters. The third-order valence-corrected chi connectivity index (χ3v) is 4.19. The molecule has 1 heterocycles. The number of hydrogen-bond donors (Lipinski definition) is 0. The van der Waals surface area contributed by atoms with Gasteiger partial charge < -0.3 is 9.05 Å². The summed E-state index contributed by atoms with van der Waals surface area (Å²) in [5.74, 6) is 0. The molecule has 4 heteroatoms. The highest BCUT2D eigenvalue weighted by atomic mass is 31.2. The minimum absolute atomic E-state index is 0.474. The van der Waals surface area contributed by atoms with Gasteiger partial charge in [0, 0.05) is 7.11 Å². The van der Waals surface area contributed by atoms with Gasteiger partial charge in [-0.25, -0.2) is 0 Å². The Bertz CT molecular complexity index is 362. The zero-order valence-electron chi connectivity index (χ0n) is 7.40. The van der Waals surface area contributed by atoms with E-state index in [0.29, 0.717) is 11.9 Å². The SMILES string of the molecule is COP1(=O)OCCc2ccccc21. The fraction of sp³-hybridized carbons (Fsp3) is 0.333. The Morgan fingerprint density at radius 3 is 3.00 bits per heavy atom. The average Bonchev–Trinajstić information content (AvgIpc) is 2.19. The van der Waals surface area contributed by atoms with Crippen molar-refractivity contribution >= 4 is 12.9 Å². The van der Waals surface area contributed by atoms with Crippen LogP contribution in [0, 0.1) is 0 Å². The topological polar surface area (TPSA) is 35.5 Å². The van der Waals surface area contributed by atoms with Gasteiger partial charge in [-0.05, 0) is 18.1 Å². The van der Waals surface area contributed by atoms with Crippen LogP contribution in [0.1, 0.15) is 5.56 Å². The van der Waals surface area contributed by atoms with Crippen molar-refractivity contribution in [2.45, 2.75) is 6.42 Å². The molecule has 1 aromatic carbocycles. The molecule has 1 unspecified atom stereocenters. The van der Waals surface area contributed by atoms with E-state index in [4.69, 9.17) is 9.05 Å². The standard InChI is InChI=1S/C9H11O3P/c1-11-13(10)9-5-3-2-4-8(9)6-7-12-13/h2-5H,6-7H2,1H3. The summed E-state index contributed by atoms with van der Waals surface area (Å²) in [6.45, 7) is 0.474. The third-order valence-electron chi connectivity index (χ3n) is 2.16. The van der Waals surface area contributed by atoms with Gasteiger partial charge in [0.25, 0.3) is 0 Å². The minimum Gasteiger partial charge on any atom is -0.309 e. The summed E-state index contributed by atoms with van der Waals surface area (Å²) in [6.07, 6.45) is 0.809. The van der Waals surface area contributed by atoms with Crippen LogP contribution in [0.5, 0.6) is 0 Å². The molecule has 0 N–H and O–H groups in total. The van der Waals surface area contributed by atoms with Gasteiger partial charge in [-0.15, -0.1) is 0 Å². The lowest BCUT2D eigenvalue weighted by Gasteiger charge is -2.23. The fourth-order valence-electron chi connectivity index (χ4n) is 1.49. The van der Waals surface area contributed by atoms with Gasteiger partial charge in [-0.2, -0.15) is 0 Å². The van der Waals surface area contributed by atoms with Crippen molar-refractivity contribution in [1.82, 2.24) is 0 Å². The quantitative estimate of drug-likeness (QED) is 0.644.